The lowest BCUT2D eigenvalue weighted by Gasteiger charge is -2.15. The van der Waals surface area contributed by atoms with Crippen LogP contribution in [0.15, 0.2) is 6.20 Å². The van der Waals surface area contributed by atoms with Gasteiger partial charge >= 0.3 is 5.97 Å². The van der Waals surface area contributed by atoms with Gasteiger partial charge in [0.1, 0.15) is 0 Å². The number of esters is 1. The number of nitrogens with two attached hydrogens (primary N) is 1. The molecule has 0 aliphatic heterocycles. The number of ether oxygens (including phenoxy) is 1. The van der Waals surface area contributed by atoms with Crippen LogP contribution in [0.4, 0.5) is 5.69 Å². The SMILES string of the molecule is COC(=O)CCN(C)C(=O)c1nn(C)cc1N. The third-order valence-corrected chi connectivity index (χ3v) is 2.29. The molecule has 0 spiro atoms. The Balaban J connectivity index is 2.64. The maximum atomic E-state index is 11.9. The first-order valence-electron chi connectivity index (χ1n) is 5.07. The van der Waals surface area contributed by atoms with Crippen molar-refractivity contribution in [3.8, 4) is 0 Å². The summed E-state index contributed by atoms with van der Waals surface area (Å²) in [6, 6.07) is 0. The fourth-order valence-electron chi connectivity index (χ4n) is 1.32. The van der Waals surface area contributed by atoms with Gasteiger partial charge in [0.15, 0.2) is 5.69 Å². The molecule has 0 radical (unpaired) electrons. The second-order valence-electron chi connectivity index (χ2n) is 3.66. The molecule has 1 aromatic rings. The first kappa shape index (κ1) is 13.0. The second kappa shape index (κ2) is 5.33. The van der Waals surface area contributed by atoms with Crippen molar-refractivity contribution >= 4 is 17.6 Å². The average molecular weight is 240 g/mol. The Bertz CT molecular complexity index is 427. The minimum Gasteiger partial charge on any atom is -0.469 e. The van der Waals surface area contributed by atoms with Crippen LogP contribution in [-0.4, -0.2) is 47.3 Å². The standard InChI is InChI=1S/C10H16N4O3/c1-13(5-4-8(15)17-3)10(16)9-7(11)6-14(2)12-9/h6H,4-5,11H2,1-3H3. The summed E-state index contributed by atoms with van der Waals surface area (Å²) < 4.78 is 5.96. The quantitative estimate of drug-likeness (QED) is 0.725. The van der Waals surface area contributed by atoms with Crippen LogP contribution in [0.25, 0.3) is 0 Å². The van der Waals surface area contributed by atoms with Crippen LogP contribution in [0, 0.1) is 0 Å². The molecule has 0 saturated carbocycles. The Morgan fingerprint density at radius 1 is 1.59 bits per heavy atom. The number of anilines is 1. The van der Waals surface area contributed by atoms with Gasteiger partial charge in [-0.2, -0.15) is 5.10 Å². The number of nitrogens with zero attached hydrogens (tertiary/aromatic N) is 3. The third kappa shape index (κ3) is 3.20. The minimum absolute atomic E-state index is 0.144. The topological polar surface area (TPSA) is 90.5 Å². The van der Waals surface area contributed by atoms with E-state index >= 15 is 0 Å². The maximum absolute atomic E-state index is 11.9. The molecule has 7 heteroatoms. The van der Waals surface area contributed by atoms with Gasteiger partial charge in [-0.3, -0.25) is 14.3 Å². The molecule has 0 atom stereocenters. The summed E-state index contributed by atoms with van der Waals surface area (Å²) in [6.07, 6.45) is 1.70. The number of rotatable bonds is 4. The van der Waals surface area contributed by atoms with Crippen molar-refractivity contribution in [1.82, 2.24) is 14.7 Å². The zero-order valence-corrected chi connectivity index (χ0v) is 10.1. The molecule has 17 heavy (non-hydrogen) atoms. The Morgan fingerprint density at radius 2 is 2.24 bits per heavy atom. The number of hydrogen-bond donors (Lipinski definition) is 1. The Hall–Kier alpha value is -2.05. The molecule has 0 saturated heterocycles. The number of nitrogen functional groups attached to an aromatic ring is 1. The summed E-state index contributed by atoms with van der Waals surface area (Å²) in [5.74, 6) is -0.675. The van der Waals surface area contributed by atoms with Gasteiger partial charge in [0.05, 0.1) is 19.2 Å². The van der Waals surface area contributed by atoms with E-state index in [0.717, 1.165) is 0 Å². The summed E-state index contributed by atoms with van der Waals surface area (Å²) >= 11 is 0. The van der Waals surface area contributed by atoms with Crippen molar-refractivity contribution in [3.05, 3.63) is 11.9 Å². The molecule has 0 aromatic carbocycles. The van der Waals surface area contributed by atoms with Gasteiger partial charge in [0.25, 0.3) is 5.91 Å². The highest BCUT2D eigenvalue weighted by molar-refractivity contribution is 5.97. The first-order chi connectivity index (χ1) is 7.95. The molecule has 7 nitrogen and oxygen atoms in total. The number of hydrogen-bond acceptors (Lipinski definition) is 5. The van der Waals surface area contributed by atoms with Crippen molar-refractivity contribution in [2.24, 2.45) is 7.05 Å². The van der Waals surface area contributed by atoms with Gasteiger partial charge in [-0.25, -0.2) is 0 Å². The Morgan fingerprint density at radius 3 is 2.71 bits per heavy atom. The van der Waals surface area contributed by atoms with E-state index in [-0.39, 0.29) is 30.5 Å². The molecular formula is C10H16N4O3. The predicted molar refractivity (Wildman–Crippen MR) is 61.2 cm³/mol. The fourth-order valence-corrected chi connectivity index (χ4v) is 1.32. The molecule has 94 valence electrons. The molecule has 1 amide bonds. The molecule has 0 bridgehead atoms. The van der Waals surface area contributed by atoms with Crippen molar-refractivity contribution < 1.29 is 14.3 Å². The van der Waals surface area contributed by atoms with Gasteiger partial charge in [-0.1, -0.05) is 0 Å². The maximum Gasteiger partial charge on any atom is 0.307 e. The normalized spacial score (nSPS) is 10.1. The van der Waals surface area contributed by atoms with E-state index in [1.165, 1.54) is 16.7 Å². The minimum atomic E-state index is -0.362. The molecule has 0 unspecified atom stereocenters. The highest BCUT2D eigenvalue weighted by Gasteiger charge is 2.18. The summed E-state index contributed by atoms with van der Waals surface area (Å²) in [4.78, 5) is 24.2. The molecule has 0 aliphatic carbocycles. The van der Waals surface area contributed by atoms with E-state index in [1.807, 2.05) is 0 Å². The van der Waals surface area contributed by atoms with E-state index in [1.54, 1.807) is 20.3 Å². The van der Waals surface area contributed by atoms with Gasteiger partial charge in [0, 0.05) is 26.8 Å². The lowest BCUT2D eigenvalue weighted by Crippen LogP contribution is -2.30. The van der Waals surface area contributed by atoms with E-state index < -0.39 is 0 Å². The zero-order chi connectivity index (χ0) is 13.0. The van der Waals surface area contributed by atoms with Crippen molar-refractivity contribution in [2.75, 3.05) is 26.4 Å². The van der Waals surface area contributed by atoms with Crippen molar-refractivity contribution in [2.45, 2.75) is 6.42 Å². The largest absolute Gasteiger partial charge is 0.469 e. The fraction of sp³-hybridized carbons (Fsp3) is 0.500. The molecule has 2 N–H and O–H groups in total. The van der Waals surface area contributed by atoms with Gasteiger partial charge in [-0.15, -0.1) is 0 Å². The molecule has 0 fully saturated rings. The van der Waals surface area contributed by atoms with Crippen LogP contribution in [0.5, 0.6) is 0 Å². The van der Waals surface area contributed by atoms with Gasteiger partial charge in [0.2, 0.25) is 0 Å². The molecular weight excluding hydrogens is 224 g/mol. The van der Waals surface area contributed by atoms with Gasteiger partial charge in [-0.05, 0) is 0 Å². The van der Waals surface area contributed by atoms with Crippen molar-refractivity contribution in [1.29, 1.82) is 0 Å². The summed E-state index contributed by atoms with van der Waals surface area (Å²) in [5.41, 5.74) is 6.16. The van der Waals surface area contributed by atoms with Crippen LogP contribution < -0.4 is 5.73 Å². The molecule has 0 aliphatic rings. The summed E-state index contributed by atoms with van der Waals surface area (Å²) in [7, 11) is 4.57. The number of methoxy groups -OCH3 is 1. The van der Waals surface area contributed by atoms with E-state index in [4.69, 9.17) is 5.73 Å². The molecule has 1 aromatic heterocycles. The Kier molecular flexibility index (Phi) is 4.08. The predicted octanol–water partition coefficient (Wildman–Crippen LogP) is -0.363. The number of aryl methyl sites for hydroxylation is 1. The lowest BCUT2D eigenvalue weighted by molar-refractivity contribution is -0.140. The summed E-state index contributed by atoms with van der Waals surface area (Å²) in [5, 5.41) is 3.96. The summed E-state index contributed by atoms with van der Waals surface area (Å²) in [6.45, 7) is 0.265. The number of amides is 1. The first-order valence-corrected chi connectivity index (χ1v) is 5.07. The molecule has 1 heterocycles. The van der Waals surface area contributed by atoms with Crippen LogP contribution in [0.3, 0.4) is 0 Å². The van der Waals surface area contributed by atoms with Crippen molar-refractivity contribution in [3.63, 3.8) is 0 Å². The molecule has 1 rings (SSSR count). The second-order valence-corrected chi connectivity index (χ2v) is 3.66. The number of carbonyl (C=O) groups is 2. The average Bonchev–Trinajstić information content (AvgIpc) is 2.63. The third-order valence-electron chi connectivity index (χ3n) is 2.29. The Labute approximate surface area is 99.1 Å². The number of aromatic nitrogens is 2. The highest BCUT2D eigenvalue weighted by atomic mass is 16.5. The lowest BCUT2D eigenvalue weighted by atomic mass is 10.3. The number of carbonyl (C=O) groups excluding carboxylic acids is 2. The van der Waals surface area contributed by atoms with Crippen LogP contribution in [-0.2, 0) is 16.6 Å². The van der Waals surface area contributed by atoms with E-state index in [9.17, 15) is 9.59 Å². The van der Waals surface area contributed by atoms with E-state index in [2.05, 4.69) is 9.84 Å². The monoisotopic (exact) mass is 240 g/mol. The zero-order valence-electron chi connectivity index (χ0n) is 10.1. The van der Waals surface area contributed by atoms with Gasteiger partial charge < -0.3 is 15.4 Å². The van der Waals surface area contributed by atoms with Crippen LogP contribution >= 0.6 is 0 Å². The highest BCUT2D eigenvalue weighted by Crippen LogP contribution is 2.10. The van der Waals surface area contributed by atoms with E-state index in [0.29, 0.717) is 5.69 Å². The smallest absolute Gasteiger partial charge is 0.307 e. The van der Waals surface area contributed by atoms with Crippen LogP contribution in [0.1, 0.15) is 16.9 Å². The van der Waals surface area contributed by atoms with Crippen LogP contribution in [0.2, 0.25) is 0 Å².